The molecule has 1 aromatic rings. The van der Waals surface area contributed by atoms with Crippen LogP contribution in [0.4, 0.5) is 0 Å². The van der Waals surface area contributed by atoms with Crippen LogP contribution in [-0.2, 0) is 0 Å². The van der Waals surface area contributed by atoms with Crippen LogP contribution in [0, 0.1) is 6.92 Å². The Morgan fingerprint density at radius 2 is 1.87 bits per heavy atom. The molecule has 0 amide bonds. The van der Waals surface area contributed by atoms with Crippen molar-refractivity contribution >= 4 is 0 Å². The third-order valence-electron chi connectivity index (χ3n) is 2.61. The highest BCUT2D eigenvalue weighted by Gasteiger charge is 2.02. The maximum atomic E-state index is 8.65. The molecule has 1 rings (SSSR count). The predicted molar refractivity (Wildman–Crippen MR) is 63.9 cm³/mol. The molecule has 0 bridgehead atoms. The molecule has 0 saturated carbocycles. The number of rotatable bonds is 6. The van der Waals surface area contributed by atoms with Gasteiger partial charge in [0, 0.05) is 12.6 Å². The SMILES string of the molecule is Cc1ccc(C(C)NCCCCO)cc1. The lowest BCUT2D eigenvalue weighted by atomic mass is 10.1. The van der Waals surface area contributed by atoms with Crippen LogP contribution in [0.2, 0.25) is 0 Å². The Balaban J connectivity index is 2.33. The molecule has 0 radical (unpaired) electrons. The zero-order valence-electron chi connectivity index (χ0n) is 9.66. The van der Waals surface area contributed by atoms with Crippen molar-refractivity contribution in [1.29, 1.82) is 0 Å². The van der Waals surface area contributed by atoms with Crippen LogP contribution in [0.15, 0.2) is 24.3 Å². The van der Waals surface area contributed by atoms with E-state index in [1.165, 1.54) is 11.1 Å². The minimum absolute atomic E-state index is 0.292. The lowest BCUT2D eigenvalue weighted by molar-refractivity contribution is 0.283. The topological polar surface area (TPSA) is 32.3 Å². The van der Waals surface area contributed by atoms with Crippen LogP contribution in [-0.4, -0.2) is 18.3 Å². The average Bonchev–Trinajstić information content (AvgIpc) is 2.25. The number of hydrogen-bond acceptors (Lipinski definition) is 2. The first-order valence-electron chi connectivity index (χ1n) is 5.65. The molecule has 0 aliphatic carbocycles. The standard InChI is InChI=1S/C13H21NO/c1-11-5-7-13(8-6-11)12(2)14-9-3-4-10-15/h5-8,12,14-15H,3-4,9-10H2,1-2H3. The Kier molecular flexibility index (Phi) is 5.37. The van der Waals surface area contributed by atoms with E-state index in [0.29, 0.717) is 12.6 Å². The largest absolute Gasteiger partial charge is 0.396 e. The van der Waals surface area contributed by atoms with Gasteiger partial charge in [-0.3, -0.25) is 0 Å². The molecule has 0 aromatic heterocycles. The number of aliphatic hydroxyl groups excluding tert-OH is 1. The fraction of sp³-hybridized carbons (Fsp3) is 0.538. The van der Waals surface area contributed by atoms with Crippen molar-refractivity contribution < 1.29 is 5.11 Å². The summed E-state index contributed by atoms with van der Waals surface area (Å²) in [6, 6.07) is 9.00. The molecule has 0 spiro atoms. The van der Waals surface area contributed by atoms with Crippen LogP contribution in [0.1, 0.15) is 36.9 Å². The fourth-order valence-corrected chi connectivity index (χ4v) is 1.53. The third-order valence-corrected chi connectivity index (χ3v) is 2.61. The Labute approximate surface area is 92.3 Å². The summed E-state index contributed by atoms with van der Waals surface area (Å²) in [6.07, 6.45) is 1.92. The van der Waals surface area contributed by atoms with Gasteiger partial charge < -0.3 is 10.4 Å². The van der Waals surface area contributed by atoms with E-state index in [-0.39, 0.29) is 0 Å². The molecule has 0 aliphatic rings. The van der Waals surface area contributed by atoms with Gasteiger partial charge in [0.25, 0.3) is 0 Å². The summed E-state index contributed by atoms with van der Waals surface area (Å²) < 4.78 is 0. The van der Waals surface area contributed by atoms with Gasteiger partial charge in [-0.05, 0) is 38.8 Å². The summed E-state index contributed by atoms with van der Waals surface area (Å²) in [5, 5.41) is 12.1. The monoisotopic (exact) mass is 207 g/mol. The number of benzene rings is 1. The lowest BCUT2D eigenvalue weighted by Gasteiger charge is -2.14. The second kappa shape index (κ2) is 6.59. The molecule has 0 aliphatic heterocycles. The summed E-state index contributed by atoms with van der Waals surface area (Å²) >= 11 is 0. The molecular weight excluding hydrogens is 186 g/mol. The van der Waals surface area contributed by atoms with Crippen molar-refractivity contribution in [2.24, 2.45) is 0 Å². The van der Waals surface area contributed by atoms with Gasteiger partial charge in [0.1, 0.15) is 0 Å². The fourth-order valence-electron chi connectivity index (χ4n) is 1.53. The van der Waals surface area contributed by atoms with Crippen LogP contribution in [0.5, 0.6) is 0 Å². The van der Waals surface area contributed by atoms with Crippen molar-refractivity contribution in [3.8, 4) is 0 Å². The molecular formula is C13H21NO. The highest BCUT2D eigenvalue weighted by atomic mass is 16.2. The third kappa shape index (κ3) is 4.45. The smallest absolute Gasteiger partial charge is 0.0431 e. The number of aryl methyl sites for hydroxylation is 1. The maximum Gasteiger partial charge on any atom is 0.0431 e. The van der Waals surface area contributed by atoms with Crippen LogP contribution in [0.25, 0.3) is 0 Å². The molecule has 15 heavy (non-hydrogen) atoms. The second-order valence-corrected chi connectivity index (χ2v) is 4.02. The van der Waals surface area contributed by atoms with Gasteiger partial charge in [0.2, 0.25) is 0 Å². The van der Waals surface area contributed by atoms with Gasteiger partial charge in [-0.25, -0.2) is 0 Å². The van der Waals surface area contributed by atoms with Gasteiger partial charge in [-0.15, -0.1) is 0 Å². The molecule has 2 heteroatoms. The Bertz CT molecular complexity index is 268. The highest BCUT2D eigenvalue weighted by Crippen LogP contribution is 2.12. The van der Waals surface area contributed by atoms with E-state index in [2.05, 4.69) is 43.4 Å². The normalized spacial score (nSPS) is 12.7. The Morgan fingerprint density at radius 3 is 2.47 bits per heavy atom. The van der Waals surface area contributed by atoms with Crippen molar-refractivity contribution in [3.63, 3.8) is 0 Å². The summed E-state index contributed by atoms with van der Waals surface area (Å²) in [5.74, 6) is 0. The van der Waals surface area contributed by atoms with Crippen LogP contribution >= 0.6 is 0 Å². The van der Waals surface area contributed by atoms with E-state index in [9.17, 15) is 0 Å². The second-order valence-electron chi connectivity index (χ2n) is 4.02. The van der Waals surface area contributed by atoms with Crippen molar-refractivity contribution in [3.05, 3.63) is 35.4 Å². The van der Waals surface area contributed by atoms with Crippen molar-refractivity contribution in [2.45, 2.75) is 32.7 Å². The summed E-state index contributed by atoms with van der Waals surface area (Å²) in [7, 11) is 0. The zero-order chi connectivity index (χ0) is 11.1. The number of unbranched alkanes of at least 4 members (excludes halogenated alkanes) is 1. The van der Waals surface area contributed by atoms with E-state index >= 15 is 0 Å². The molecule has 1 aromatic carbocycles. The van der Waals surface area contributed by atoms with E-state index in [1.807, 2.05) is 0 Å². The van der Waals surface area contributed by atoms with Crippen molar-refractivity contribution in [2.75, 3.05) is 13.2 Å². The van der Waals surface area contributed by atoms with Gasteiger partial charge in [-0.2, -0.15) is 0 Å². The molecule has 84 valence electrons. The Morgan fingerprint density at radius 1 is 1.20 bits per heavy atom. The summed E-state index contributed by atoms with van der Waals surface area (Å²) in [6.45, 7) is 5.53. The average molecular weight is 207 g/mol. The van der Waals surface area contributed by atoms with Gasteiger partial charge in [0.05, 0.1) is 0 Å². The van der Waals surface area contributed by atoms with E-state index < -0.39 is 0 Å². The first-order valence-corrected chi connectivity index (χ1v) is 5.65. The molecule has 1 atom stereocenters. The highest BCUT2D eigenvalue weighted by molar-refractivity contribution is 5.23. The molecule has 2 nitrogen and oxygen atoms in total. The zero-order valence-corrected chi connectivity index (χ0v) is 9.66. The lowest BCUT2D eigenvalue weighted by Crippen LogP contribution is -2.19. The summed E-state index contributed by atoms with van der Waals surface area (Å²) in [4.78, 5) is 0. The molecule has 2 N–H and O–H groups in total. The first kappa shape index (κ1) is 12.2. The van der Waals surface area contributed by atoms with Gasteiger partial charge in [-0.1, -0.05) is 29.8 Å². The predicted octanol–water partition coefficient (Wildman–Crippen LogP) is 2.42. The van der Waals surface area contributed by atoms with E-state index in [0.717, 1.165) is 19.4 Å². The number of aliphatic hydroxyl groups is 1. The molecule has 1 unspecified atom stereocenters. The van der Waals surface area contributed by atoms with E-state index in [4.69, 9.17) is 5.11 Å². The van der Waals surface area contributed by atoms with E-state index in [1.54, 1.807) is 0 Å². The van der Waals surface area contributed by atoms with Gasteiger partial charge >= 0.3 is 0 Å². The number of nitrogens with one attached hydrogen (secondary N) is 1. The molecule has 0 fully saturated rings. The van der Waals surface area contributed by atoms with Crippen LogP contribution < -0.4 is 5.32 Å². The minimum Gasteiger partial charge on any atom is -0.396 e. The maximum absolute atomic E-state index is 8.65. The molecule has 0 saturated heterocycles. The van der Waals surface area contributed by atoms with Crippen molar-refractivity contribution in [1.82, 2.24) is 5.32 Å². The van der Waals surface area contributed by atoms with Crippen LogP contribution in [0.3, 0.4) is 0 Å². The first-order chi connectivity index (χ1) is 7.24. The minimum atomic E-state index is 0.292. The summed E-state index contributed by atoms with van der Waals surface area (Å²) in [5.41, 5.74) is 2.62. The number of hydrogen-bond donors (Lipinski definition) is 2. The van der Waals surface area contributed by atoms with Gasteiger partial charge in [0.15, 0.2) is 0 Å². The quantitative estimate of drug-likeness (QED) is 0.702. The Hall–Kier alpha value is -0.860. The molecule has 0 heterocycles.